The third kappa shape index (κ3) is 3.61. The maximum Gasteiger partial charge on any atom is 0.294 e. The summed E-state index contributed by atoms with van der Waals surface area (Å²) >= 11 is 2.98. The first-order valence-electron chi connectivity index (χ1n) is 5.35. The third-order valence-corrected chi connectivity index (χ3v) is 4.03. The number of hydrazine groups is 1. The summed E-state index contributed by atoms with van der Waals surface area (Å²) in [6.45, 7) is 1.07. The quantitative estimate of drug-likeness (QED) is 0.365. The molecule has 0 fully saturated rings. The monoisotopic (exact) mass is 283 g/mol. The number of amides is 1. The van der Waals surface area contributed by atoms with Crippen molar-refractivity contribution < 1.29 is 9.53 Å². The predicted molar refractivity (Wildman–Crippen MR) is 71.4 cm³/mol. The molecule has 0 aliphatic rings. The van der Waals surface area contributed by atoms with Crippen molar-refractivity contribution in [2.24, 2.45) is 5.84 Å². The molecular weight excluding hydrogens is 270 g/mol. The van der Waals surface area contributed by atoms with Gasteiger partial charge in [-0.1, -0.05) is 6.07 Å². The minimum Gasteiger partial charge on any atom is -0.375 e. The summed E-state index contributed by atoms with van der Waals surface area (Å²) in [7, 11) is 0. The zero-order valence-electron chi connectivity index (χ0n) is 9.59. The molecular formula is C11H13N3O2S2. The number of hydrogen-bond donors (Lipinski definition) is 2. The molecule has 18 heavy (non-hydrogen) atoms. The van der Waals surface area contributed by atoms with Crippen LogP contribution in [0.1, 0.15) is 20.4 Å². The molecule has 7 heteroatoms. The van der Waals surface area contributed by atoms with E-state index >= 15 is 0 Å². The summed E-state index contributed by atoms with van der Waals surface area (Å²) < 4.78 is 5.51. The number of thiazole rings is 1. The summed E-state index contributed by atoms with van der Waals surface area (Å²) in [5, 5.41) is 4.21. The maximum atomic E-state index is 11.2. The first-order chi connectivity index (χ1) is 8.79. The van der Waals surface area contributed by atoms with Gasteiger partial charge in [-0.3, -0.25) is 10.2 Å². The van der Waals surface area contributed by atoms with Crippen LogP contribution in [0.15, 0.2) is 22.9 Å². The van der Waals surface area contributed by atoms with Crippen LogP contribution in [-0.2, 0) is 17.8 Å². The van der Waals surface area contributed by atoms with E-state index in [1.54, 1.807) is 16.7 Å². The van der Waals surface area contributed by atoms with Crippen LogP contribution in [0.5, 0.6) is 0 Å². The Bertz CT molecular complexity index is 496. The Hall–Kier alpha value is -1.28. The molecule has 1 amide bonds. The van der Waals surface area contributed by atoms with Crippen LogP contribution in [0.3, 0.4) is 0 Å². The van der Waals surface area contributed by atoms with Crippen LogP contribution >= 0.6 is 22.7 Å². The normalized spacial score (nSPS) is 10.5. The van der Waals surface area contributed by atoms with E-state index in [4.69, 9.17) is 10.6 Å². The number of nitrogens with one attached hydrogen (secondary N) is 1. The summed E-state index contributed by atoms with van der Waals surface area (Å²) in [5.41, 5.74) is 2.80. The van der Waals surface area contributed by atoms with Crippen LogP contribution in [-0.4, -0.2) is 17.5 Å². The van der Waals surface area contributed by atoms with Crippen LogP contribution in [0, 0.1) is 0 Å². The SMILES string of the molecule is NNC(=O)c1nc(COCCc2cccs2)cs1. The lowest BCUT2D eigenvalue weighted by Crippen LogP contribution is -2.29. The number of carbonyl (C=O) groups excluding carboxylic acids is 1. The molecule has 0 radical (unpaired) electrons. The Balaban J connectivity index is 1.73. The van der Waals surface area contributed by atoms with Crippen LogP contribution < -0.4 is 11.3 Å². The van der Waals surface area contributed by atoms with Gasteiger partial charge >= 0.3 is 0 Å². The molecule has 0 saturated carbocycles. The zero-order chi connectivity index (χ0) is 12.8. The summed E-state index contributed by atoms with van der Waals surface area (Å²) in [5.74, 6) is 4.66. The van der Waals surface area contributed by atoms with Crippen LogP contribution in [0.4, 0.5) is 0 Å². The van der Waals surface area contributed by atoms with Gasteiger partial charge in [-0.25, -0.2) is 10.8 Å². The average molecular weight is 283 g/mol. The van der Waals surface area contributed by atoms with Crippen LogP contribution in [0.2, 0.25) is 0 Å². The second-order valence-corrected chi connectivity index (χ2v) is 5.39. The van der Waals surface area contributed by atoms with E-state index in [1.165, 1.54) is 16.2 Å². The van der Waals surface area contributed by atoms with Gasteiger partial charge in [0.2, 0.25) is 0 Å². The van der Waals surface area contributed by atoms with Gasteiger partial charge in [0, 0.05) is 16.7 Å². The molecule has 96 valence electrons. The molecule has 2 aromatic rings. The van der Waals surface area contributed by atoms with Crippen molar-refractivity contribution in [3.05, 3.63) is 38.5 Å². The lowest BCUT2D eigenvalue weighted by molar-refractivity contribution is 0.0951. The average Bonchev–Trinajstić information content (AvgIpc) is 3.05. The molecule has 0 aliphatic carbocycles. The van der Waals surface area contributed by atoms with Crippen molar-refractivity contribution in [1.29, 1.82) is 0 Å². The summed E-state index contributed by atoms with van der Waals surface area (Å²) in [4.78, 5) is 16.6. The van der Waals surface area contributed by atoms with Crippen molar-refractivity contribution >= 4 is 28.6 Å². The minimum atomic E-state index is -0.371. The van der Waals surface area contributed by atoms with Crippen LogP contribution in [0.25, 0.3) is 0 Å². The Kier molecular flexibility index (Phi) is 4.82. The highest BCUT2D eigenvalue weighted by Crippen LogP contribution is 2.12. The van der Waals surface area contributed by atoms with E-state index in [9.17, 15) is 4.79 Å². The second-order valence-electron chi connectivity index (χ2n) is 3.50. The molecule has 0 spiro atoms. The fourth-order valence-corrected chi connectivity index (χ4v) is 2.74. The fraction of sp³-hybridized carbons (Fsp3) is 0.273. The van der Waals surface area contributed by atoms with Crippen molar-refractivity contribution in [2.75, 3.05) is 6.61 Å². The smallest absolute Gasteiger partial charge is 0.294 e. The number of thiophene rings is 1. The maximum absolute atomic E-state index is 11.2. The lowest BCUT2D eigenvalue weighted by atomic mass is 10.4. The highest BCUT2D eigenvalue weighted by Gasteiger charge is 2.09. The number of nitrogens with two attached hydrogens (primary N) is 1. The number of ether oxygens (including phenoxy) is 1. The van der Waals surface area contributed by atoms with Gasteiger partial charge in [-0.2, -0.15) is 0 Å². The van der Waals surface area contributed by atoms with Gasteiger partial charge in [-0.05, 0) is 11.4 Å². The Morgan fingerprint density at radius 3 is 3.11 bits per heavy atom. The van der Waals surface area contributed by atoms with E-state index in [0.717, 1.165) is 12.1 Å². The number of rotatable bonds is 6. The van der Waals surface area contributed by atoms with Gasteiger partial charge in [0.1, 0.15) is 0 Å². The number of hydrogen-bond acceptors (Lipinski definition) is 6. The molecule has 2 rings (SSSR count). The number of nitrogens with zero attached hydrogens (tertiary/aromatic N) is 1. The summed E-state index contributed by atoms with van der Waals surface area (Å²) in [6.07, 6.45) is 0.901. The van der Waals surface area contributed by atoms with Gasteiger partial charge in [0.25, 0.3) is 5.91 Å². The molecule has 2 heterocycles. The van der Waals surface area contributed by atoms with E-state index in [1.807, 2.05) is 16.9 Å². The second kappa shape index (κ2) is 6.60. The predicted octanol–water partition coefficient (Wildman–Crippen LogP) is 1.57. The van der Waals surface area contributed by atoms with Gasteiger partial charge in [-0.15, -0.1) is 22.7 Å². The zero-order valence-corrected chi connectivity index (χ0v) is 11.2. The minimum absolute atomic E-state index is 0.356. The highest BCUT2D eigenvalue weighted by atomic mass is 32.1. The van der Waals surface area contributed by atoms with Gasteiger partial charge < -0.3 is 4.74 Å². The van der Waals surface area contributed by atoms with Crippen molar-refractivity contribution in [3.8, 4) is 0 Å². The van der Waals surface area contributed by atoms with E-state index in [0.29, 0.717) is 18.2 Å². The molecule has 2 aromatic heterocycles. The molecule has 0 atom stereocenters. The van der Waals surface area contributed by atoms with Crippen molar-refractivity contribution in [1.82, 2.24) is 10.4 Å². The molecule has 0 unspecified atom stereocenters. The molecule has 5 nitrogen and oxygen atoms in total. The molecule has 0 aromatic carbocycles. The van der Waals surface area contributed by atoms with E-state index < -0.39 is 0 Å². The first kappa shape index (κ1) is 13.2. The molecule has 0 saturated heterocycles. The third-order valence-electron chi connectivity index (χ3n) is 2.20. The Morgan fingerprint density at radius 2 is 2.39 bits per heavy atom. The lowest BCUT2D eigenvalue weighted by Gasteiger charge is -2.00. The Morgan fingerprint density at radius 1 is 1.50 bits per heavy atom. The van der Waals surface area contributed by atoms with Gasteiger partial charge in [0.05, 0.1) is 18.9 Å². The first-order valence-corrected chi connectivity index (χ1v) is 7.11. The highest BCUT2D eigenvalue weighted by molar-refractivity contribution is 7.11. The van der Waals surface area contributed by atoms with Crippen molar-refractivity contribution in [2.45, 2.75) is 13.0 Å². The molecule has 0 bridgehead atoms. The number of nitrogen functional groups attached to an aromatic ring is 1. The Labute approximate surface area is 113 Å². The van der Waals surface area contributed by atoms with E-state index in [-0.39, 0.29) is 5.91 Å². The number of aromatic nitrogens is 1. The standard InChI is InChI=1S/C11H13N3O2S2/c12-14-10(15)11-13-8(7-18-11)6-16-4-3-9-2-1-5-17-9/h1-2,5,7H,3-4,6,12H2,(H,14,15). The topological polar surface area (TPSA) is 77.2 Å². The molecule has 3 N–H and O–H groups in total. The fourth-order valence-electron chi connectivity index (χ4n) is 1.34. The molecule has 0 aliphatic heterocycles. The summed E-state index contributed by atoms with van der Waals surface area (Å²) in [6, 6.07) is 4.11. The van der Waals surface area contributed by atoms with Gasteiger partial charge in [0.15, 0.2) is 5.01 Å². The van der Waals surface area contributed by atoms with E-state index in [2.05, 4.69) is 11.1 Å². The van der Waals surface area contributed by atoms with Crippen molar-refractivity contribution in [3.63, 3.8) is 0 Å². The largest absolute Gasteiger partial charge is 0.375 e. The number of carbonyl (C=O) groups is 1.